The number of hydrogen-bond donors (Lipinski definition) is 3. The second-order valence-corrected chi connectivity index (χ2v) is 11.3. The summed E-state index contributed by atoms with van der Waals surface area (Å²) in [6, 6.07) is 9.73. The van der Waals surface area contributed by atoms with E-state index in [0.717, 1.165) is 5.56 Å². The molecule has 2 fully saturated rings. The third-order valence-electron chi connectivity index (χ3n) is 8.43. The van der Waals surface area contributed by atoms with E-state index in [0.29, 0.717) is 24.8 Å². The standard InChI is InChI=1S/C30H39NO5/c1-18-10-9-13-23-27(33)20(3)19(2)26-24(16-22-11-7-6-8-12-22)31-28(34)30(23,26)25(36-21(4)32)14-15-29(5,35)17-18/h6-9,11-15,18-19,23-27,33,35H,3,10,16-17H2,1-2,4-5H3,(H,31,34)/b13-9+,15-14+/t18-,19+,23-,24-,25+,26-,27+,29-,30?/m0/s1. The zero-order valence-electron chi connectivity index (χ0n) is 21.7. The average molecular weight is 494 g/mol. The molecule has 3 N–H and O–H groups in total. The van der Waals surface area contributed by atoms with Gasteiger partial charge in [0.1, 0.15) is 11.5 Å². The van der Waals surface area contributed by atoms with Crippen LogP contribution < -0.4 is 5.32 Å². The maximum absolute atomic E-state index is 14.2. The highest BCUT2D eigenvalue weighted by atomic mass is 16.5. The van der Waals surface area contributed by atoms with E-state index in [1.54, 1.807) is 19.1 Å². The molecule has 0 radical (unpaired) electrons. The molecule has 194 valence electrons. The third kappa shape index (κ3) is 4.69. The highest BCUT2D eigenvalue weighted by Gasteiger charge is 2.68. The first-order valence-corrected chi connectivity index (χ1v) is 12.9. The fourth-order valence-electron chi connectivity index (χ4n) is 6.90. The lowest BCUT2D eigenvalue weighted by molar-refractivity contribution is -0.166. The van der Waals surface area contributed by atoms with Crippen LogP contribution in [0.2, 0.25) is 0 Å². The van der Waals surface area contributed by atoms with Crippen LogP contribution >= 0.6 is 0 Å². The molecule has 4 rings (SSSR count). The van der Waals surface area contributed by atoms with Gasteiger partial charge in [-0.2, -0.15) is 0 Å². The summed E-state index contributed by atoms with van der Waals surface area (Å²) in [5, 5.41) is 25.8. The molecule has 6 nitrogen and oxygen atoms in total. The van der Waals surface area contributed by atoms with Gasteiger partial charge in [-0.15, -0.1) is 0 Å². The number of hydrogen-bond acceptors (Lipinski definition) is 5. The largest absolute Gasteiger partial charge is 0.457 e. The molecular formula is C30H39NO5. The Labute approximate surface area is 214 Å². The summed E-state index contributed by atoms with van der Waals surface area (Å²) in [4.78, 5) is 26.5. The van der Waals surface area contributed by atoms with Crippen LogP contribution in [0.5, 0.6) is 0 Å². The van der Waals surface area contributed by atoms with Gasteiger partial charge >= 0.3 is 5.97 Å². The van der Waals surface area contributed by atoms with Crippen LogP contribution in [0.4, 0.5) is 0 Å². The maximum Gasteiger partial charge on any atom is 0.303 e. The van der Waals surface area contributed by atoms with E-state index < -0.39 is 35.1 Å². The first kappa shape index (κ1) is 26.4. The van der Waals surface area contributed by atoms with Crippen molar-refractivity contribution in [1.29, 1.82) is 0 Å². The number of amides is 1. The fourth-order valence-corrected chi connectivity index (χ4v) is 6.90. The Bertz CT molecular complexity index is 1060. The predicted octanol–water partition coefficient (Wildman–Crippen LogP) is 3.74. The molecule has 0 aromatic heterocycles. The summed E-state index contributed by atoms with van der Waals surface area (Å²) in [6.45, 7) is 11.3. The van der Waals surface area contributed by atoms with Crippen LogP contribution in [0.25, 0.3) is 0 Å². The van der Waals surface area contributed by atoms with Crippen LogP contribution in [0.3, 0.4) is 0 Å². The average Bonchev–Trinajstić information content (AvgIpc) is 3.08. The Morgan fingerprint density at radius 2 is 1.92 bits per heavy atom. The number of ether oxygens (including phenoxy) is 1. The van der Waals surface area contributed by atoms with E-state index in [4.69, 9.17) is 4.74 Å². The summed E-state index contributed by atoms with van der Waals surface area (Å²) in [5.74, 6) is -1.75. The van der Waals surface area contributed by atoms with Crippen molar-refractivity contribution in [1.82, 2.24) is 5.32 Å². The van der Waals surface area contributed by atoms with Crippen molar-refractivity contribution in [2.45, 2.75) is 70.8 Å². The highest BCUT2D eigenvalue weighted by Crippen LogP contribution is 2.58. The number of nitrogens with one attached hydrogen (secondary N) is 1. The minimum atomic E-state index is -1.26. The number of aliphatic hydroxyl groups excluding tert-OH is 1. The Balaban J connectivity index is 1.92. The van der Waals surface area contributed by atoms with Gasteiger partial charge in [0.05, 0.1) is 11.7 Å². The first-order chi connectivity index (χ1) is 17.0. The molecular weight excluding hydrogens is 454 g/mol. The molecule has 9 atom stereocenters. The minimum Gasteiger partial charge on any atom is -0.457 e. The fraction of sp³-hybridized carbons (Fsp3) is 0.533. The molecule has 2 aliphatic carbocycles. The van der Waals surface area contributed by atoms with Gasteiger partial charge < -0.3 is 20.3 Å². The lowest BCUT2D eigenvalue weighted by Crippen LogP contribution is -2.60. The number of allylic oxidation sites excluding steroid dienone is 1. The van der Waals surface area contributed by atoms with Gasteiger partial charge in [0.25, 0.3) is 0 Å². The van der Waals surface area contributed by atoms with Gasteiger partial charge in [0, 0.05) is 24.8 Å². The van der Waals surface area contributed by atoms with Crippen LogP contribution in [0.1, 0.15) is 46.1 Å². The molecule has 6 heteroatoms. The highest BCUT2D eigenvalue weighted by molar-refractivity contribution is 5.89. The number of benzene rings is 1. The smallest absolute Gasteiger partial charge is 0.303 e. The summed E-state index contributed by atoms with van der Waals surface area (Å²) < 4.78 is 5.89. The second-order valence-electron chi connectivity index (χ2n) is 11.3. The molecule has 1 spiro atoms. The SMILES string of the molecule is C=C1[C@@H](C)[C@H]2[C@H](Cc3ccccc3)NC(=O)C23[C@H](OC(C)=O)/C=C/[C@](C)(O)C[C@@H](C)C/C=C/[C@H]3[C@@H]1O. The Morgan fingerprint density at radius 3 is 2.58 bits per heavy atom. The molecule has 1 unspecified atom stereocenters. The topological polar surface area (TPSA) is 95.9 Å². The maximum atomic E-state index is 14.2. The molecule has 36 heavy (non-hydrogen) atoms. The van der Waals surface area contributed by atoms with E-state index in [-0.39, 0.29) is 29.7 Å². The quantitative estimate of drug-likeness (QED) is 0.440. The Morgan fingerprint density at radius 1 is 1.22 bits per heavy atom. The van der Waals surface area contributed by atoms with Gasteiger partial charge in [0.15, 0.2) is 0 Å². The molecule has 0 bridgehead atoms. The molecule has 1 aromatic rings. The Kier molecular flexibility index (Phi) is 7.31. The van der Waals surface area contributed by atoms with Crippen molar-refractivity contribution >= 4 is 11.9 Å². The van der Waals surface area contributed by atoms with Crippen molar-refractivity contribution in [2.75, 3.05) is 0 Å². The second kappa shape index (κ2) is 9.98. The van der Waals surface area contributed by atoms with Gasteiger partial charge in [-0.25, -0.2) is 0 Å². The molecule has 1 amide bonds. The van der Waals surface area contributed by atoms with Crippen LogP contribution in [-0.4, -0.2) is 45.9 Å². The Hall–Kier alpha value is -2.70. The van der Waals surface area contributed by atoms with Crippen molar-refractivity contribution in [2.24, 2.45) is 29.1 Å². The zero-order valence-corrected chi connectivity index (χ0v) is 21.7. The molecule has 1 heterocycles. The van der Waals surface area contributed by atoms with Gasteiger partial charge in [0.2, 0.25) is 5.91 Å². The minimum absolute atomic E-state index is 0.170. The number of carbonyl (C=O) groups is 2. The van der Waals surface area contributed by atoms with Gasteiger partial charge in [-0.3, -0.25) is 9.59 Å². The number of esters is 1. The molecule has 1 aliphatic heterocycles. The summed E-state index contributed by atoms with van der Waals surface area (Å²) in [6.07, 6.45) is 7.09. The summed E-state index contributed by atoms with van der Waals surface area (Å²) >= 11 is 0. The van der Waals surface area contributed by atoms with E-state index in [1.807, 2.05) is 49.4 Å². The lowest BCUT2D eigenvalue weighted by atomic mass is 9.51. The monoisotopic (exact) mass is 493 g/mol. The van der Waals surface area contributed by atoms with Crippen molar-refractivity contribution < 1.29 is 24.5 Å². The van der Waals surface area contributed by atoms with E-state index in [9.17, 15) is 19.8 Å². The van der Waals surface area contributed by atoms with Crippen molar-refractivity contribution in [3.8, 4) is 0 Å². The van der Waals surface area contributed by atoms with Crippen molar-refractivity contribution in [3.05, 3.63) is 72.4 Å². The van der Waals surface area contributed by atoms with Crippen LogP contribution in [0.15, 0.2) is 66.8 Å². The van der Waals surface area contributed by atoms with E-state index >= 15 is 0 Å². The van der Waals surface area contributed by atoms with E-state index in [1.165, 1.54) is 6.92 Å². The molecule has 1 saturated carbocycles. The number of carbonyl (C=O) groups excluding carboxylic acids is 2. The summed E-state index contributed by atoms with van der Waals surface area (Å²) in [7, 11) is 0. The molecule has 1 saturated heterocycles. The molecule has 1 aromatic carbocycles. The molecule has 3 aliphatic rings. The van der Waals surface area contributed by atoms with Crippen LogP contribution in [-0.2, 0) is 20.7 Å². The van der Waals surface area contributed by atoms with Gasteiger partial charge in [-0.05, 0) is 55.2 Å². The number of rotatable bonds is 3. The zero-order chi connectivity index (χ0) is 26.3. The normalized spacial score (nSPS) is 42.3. The number of aliphatic hydroxyl groups is 2. The van der Waals surface area contributed by atoms with E-state index in [2.05, 4.69) is 18.8 Å². The predicted molar refractivity (Wildman–Crippen MR) is 139 cm³/mol. The summed E-state index contributed by atoms with van der Waals surface area (Å²) in [5.41, 5.74) is -0.635. The first-order valence-electron chi connectivity index (χ1n) is 12.9. The van der Waals surface area contributed by atoms with Crippen LogP contribution in [0, 0.1) is 29.1 Å². The van der Waals surface area contributed by atoms with Gasteiger partial charge in [-0.1, -0.05) is 69.0 Å². The third-order valence-corrected chi connectivity index (χ3v) is 8.43. The lowest BCUT2D eigenvalue weighted by Gasteiger charge is -2.52. The van der Waals surface area contributed by atoms with Crippen molar-refractivity contribution in [3.63, 3.8) is 0 Å².